The van der Waals surface area contributed by atoms with Gasteiger partial charge >= 0.3 is 0 Å². The number of aromatic nitrogens is 2. The number of aliphatic imine (C=N–C) groups is 1. The minimum Gasteiger partial charge on any atom is -0.484 e. The van der Waals surface area contributed by atoms with E-state index in [1.807, 2.05) is 12.3 Å². The zero-order valence-electron chi connectivity index (χ0n) is 17.5. The third-order valence-electron chi connectivity index (χ3n) is 5.74. The highest BCUT2D eigenvalue weighted by Crippen LogP contribution is 2.33. The maximum atomic E-state index is 6.19. The second-order valence-corrected chi connectivity index (χ2v) is 9.26. The fraction of sp³-hybridized carbons (Fsp3) is 0.391. The van der Waals surface area contributed by atoms with Crippen LogP contribution in [-0.4, -0.2) is 28.7 Å². The average Bonchev–Trinajstić information content (AvgIpc) is 3.49. The fourth-order valence-electron chi connectivity index (χ4n) is 3.69. The molecule has 0 aromatic carbocycles. The molecule has 2 aromatic rings. The van der Waals surface area contributed by atoms with E-state index in [0.717, 1.165) is 45.7 Å². The molecule has 5 nitrogen and oxygen atoms in total. The Hall–Kier alpha value is -2.05. The van der Waals surface area contributed by atoms with Crippen LogP contribution in [0.4, 0.5) is 0 Å². The van der Waals surface area contributed by atoms with Gasteiger partial charge in [0.15, 0.2) is 5.90 Å². The highest BCUT2D eigenvalue weighted by atomic mass is 79.9. The molecule has 1 saturated carbocycles. The van der Waals surface area contributed by atoms with Crippen LogP contribution in [0, 0.1) is 5.92 Å². The molecule has 1 N–H and O–H groups in total. The average molecular weight is 490 g/mol. The number of nitrogens with one attached hydrogen (secondary N) is 1. The van der Waals surface area contributed by atoms with Gasteiger partial charge in [0, 0.05) is 33.5 Å². The molecule has 2 aromatic heterocycles. The number of hydrogen-bond donors (Lipinski definition) is 1. The van der Waals surface area contributed by atoms with Crippen molar-refractivity contribution in [3.63, 3.8) is 0 Å². The van der Waals surface area contributed by atoms with Gasteiger partial charge in [0.25, 0.3) is 0 Å². The summed E-state index contributed by atoms with van der Waals surface area (Å²) < 4.78 is 8.11. The molecule has 0 saturated heterocycles. The molecule has 0 aliphatic heterocycles. The van der Waals surface area contributed by atoms with Crippen molar-refractivity contribution in [1.29, 1.82) is 0 Å². The van der Waals surface area contributed by atoms with Crippen LogP contribution < -0.4 is 5.32 Å². The van der Waals surface area contributed by atoms with Gasteiger partial charge in [-0.25, -0.2) is 9.51 Å². The van der Waals surface area contributed by atoms with E-state index in [9.17, 15) is 0 Å². The Morgan fingerprint density at radius 1 is 1.43 bits per heavy atom. The number of hydrogen-bond acceptors (Lipinski definition) is 4. The van der Waals surface area contributed by atoms with E-state index in [1.54, 1.807) is 17.8 Å². The van der Waals surface area contributed by atoms with Gasteiger partial charge in [-0.15, -0.1) is 0 Å². The quantitative estimate of drug-likeness (QED) is 0.391. The summed E-state index contributed by atoms with van der Waals surface area (Å²) in [4.78, 5) is 4.85. The van der Waals surface area contributed by atoms with Crippen LogP contribution in [0.1, 0.15) is 45.1 Å². The first-order chi connectivity index (χ1) is 14.4. The first kappa shape index (κ1) is 21.2. The Balaban J connectivity index is 1.56. The molecule has 0 radical (unpaired) electrons. The van der Waals surface area contributed by atoms with Crippen LogP contribution in [0.5, 0.6) is 0 Å². The summed E-state index contributed by atoms with van der Waals surface area (Å²) >= 11 is 9.68. The topological polar surface area (TPSA) is 50.9 Å². The smallest absolute Gasteiger partial charge is 0.186 e. The zero-order chi connectivity index (χ0) is 21.4. The summed E-state index contributed by atoms with van der Waals surface area (Å²) in [5, 5.41) is 8.54. The predicted molar refractivity (Wildman–Crippen MR) is 127 cm³/mol. The Labute approximate surface area is 190 Å². The number of allylic oxidation sites excluding steroid dienone is 2. The molecule has 1 fully saturated rings. The zero-order valence-corrected chi connectivity index (χ0v) is 19.8. The molecule has 0 spiro atoms. The summed E-state index contributed by atoms with van der Waals surface area (Å²) in [5.41, 5.74) is 6.38. The second kappa shape index (κ2) is 8.60. The Morgan fingerprint density at radius 3 is 2.90 bits per heavy atom. The largest absolute Gasteiger partial charge is 0.484 e. The summed E-state index contributed by atoms with van der Waals surface area (Å²) in [6.45, 7) is 8.57. The number of methoxy groups -OCH3 is 1. The molecule has 0 amide bonds. The summed E-state index contributed by atoms with van der Waals surface area (Å²) in [5.74, 6) is 1.41. The molecule has 2 aliphatic rings. The summed E-state index contributed by atoms with van der Waals surface area (Å²) in [6, 6.07) is 2.07. The molecule has 158 valence electrons. The van der Waals surface area contributed by atoms with Crippen molar-refractivity contribution in [3.8, 4) is 0 Å². The van der Waals surface area contributed by atoms with E-state index in [0.29, 0.717) is 10.9 Å². The van der Waals surface area contributed by atoms with Crippen molar-refractivity contribution in [2.75, 3.05) is 7.11 Å². The van der Waals surface area contributed by atoms with E-state index < -0.39 is 0 Å². The Morgan fingerprint density at radius 2 is 2.20 bits per heavy atom. The molecule has 30 heavy (non-hydrogen) atoms. The number of ether oxygens (including phenoxy) is 1. The normalized spacial score (nSPS) is 18.4. The van der Waals surface area contributed by atoms with Crippen molar-refractivity contribution < 1.29 is 4.74 Å². The lowest BCUT2D eigenvalue weighted by molar-refractivity contribution is 0.382. The van der Waals surface area contributed by atoms with Crippen LogP contribution in [0.25, 0.3) is 11.2 Å². The van der Waals surface area contributed by atoms with Crippen LogP contribution >= 0.6 is 27.5 Å². The predicted octanol–water partition coefficient (Wildman–Crippen LogP) is 6.15. The minimum atomic E-state index is 0.105. The van der Waals surface area contributed by atoms with Crippen LogP contribution in [-0.2, 0) is 4.74 Å². The molecule has 2 heterocycles. The monoisotopic (exact) mass is 488 g/mol. The molecule has 0 bridgehead atoms. The second-order valence-electron chi connectivity index (χ2n) is 8.00. The Bertz CT molecular complexity index is 1090. The van der Waals surface area contributed by atoms with E-state index in [2.05, 4.69) is 52.8 Å². The van der Waals surface area contributed by atoms with Crippen molar-refractivity contribution >= 4 is 44.6 Å². The molecular formula is C23H26BrClN4O. The van der Waals surface area contributed by atoms with E-state index >= 15 is 0 Å². The van der Waals surface area contributed by atoms with Crippen molar-refractivity contribution in [1.82, 2.24) is 14.9 Å². The lowest BCUT2D eigenvalue weighted by Crippen LogP contribution is -2.18. The van der Waals surface area contributed by atoms with Gasteiger partial charge in [0.05, 0.1) is 29.9 Å². The first-order valence-corrected chi connectivity index (χ1v) is 11.3. The van der Waals surface area contributed by atoms with Crippen molar-refractivity contribution in [2.45, 2.75) is 45.6 Å². The van der Waals surface area contributed by atoms with Gasteiger partial charge in [0.1, 0.15) is 0 Å². The standard InChI is InChI=1S/C23H26BrClN4O/c1-13-5-6-17(14(2)28-23(30-4)16-7-8-16)9-21(13)27-15(3)18-11-26-29-12-20(25)19(24)10-22(18)29/h9-12,14,16,27H,3,5-8H2,1-2,4H3. The summed E-state index contributed by atoms with van der Waals surface area (Å²) in [7, 11) is 1.72. The third kappa shape index (κ3) is 4.35. The van der Waals surface area contributed by atoms with Crippen LogP contribution in [0.2, 0.25) is 5.02 Å². The highest BCUT2D eigenvalue weighted by Gasteiger charge is 2.29. The SMILES string of the molecule is C=C(NC1=C(C)CCC(C(C)N=C(OC)C2CC2)=C1)c1cnn2cc(Cl)c(Br)cc12. The minimum absolute atomic E-state index is 0.105. The van der Waals surface area contributed by atoms with Crippen LogP contribution in [0.15, 0.2) is 57.4 Å². The van der Waals surface area contributed by atoms with Crippen molar-refractivity contribution in [2.24, 2.45) is 10.9 Å². The molecule has 7 heteroatoms. The Kier molecular flexibility index (Phi) is 6.07. The van der Waals surface area contributed by atoms with Gasteiger partial charge in [-0.2, -0.15) is 5.10 Å². The molecule has 4 rings (SSSR count). The number of halogens is 2. The fourth-order valence-corrected chi connectivity index (χ4v) is 4.15. The molecular weight excluding hydrogens is 464 g/mol. The molecule has 1 unspecified atom stereocenters. The maximum absolute atomic E-state index is 6.19. The van der Waals surface area contributed by atoms with Gasteiger partial charge in [-0.3, -0.25) is 0 Å². The number of fused-ring (bicyclic) bond motifs is 1. The molecule has 1 atom stereocenters. The lowest BCUT2D eigenvalue weighted by Gasteiger charge is -2.23. The van der Waals surface area contributed by atoms with Gasteiger partial charge in [-0.05, 0) is 78.7 Å². The first-order valence-electron chi connectivity index (χ1n) is 10.2. The van der Waals surface area contributed by atoms with Gasteiger partial charge < -0.3 is 10.1 Å². The van der Waals surface area contributed by atoms with E-state index in [4.69, 9.17) is 21.3 Å². The van der Waals surface area contributed by atoms with Crippen LogP contribution in [0.3, 0.4) is 0 Å². The van der Waals surface area contributed by atoms with Crippen molar-refractivity contribution in [3.05, 3.63) is 63.0 Å². The number of pyridine rings is 1. The number of nitrogens with zero attached hydrogens (tertiary/aromatic N) is 3. The maximum Gasteiger partial charge on any atom is 0.186 e. The highest BCUT2D eigenvalue weighted by molar-refractivity contribution is 9.10. The van der Waals surface area contributed by atoms with E-state index in [-0.39, 0.29) is 6.04 Å². The number of rotatable bonds is 6. The summed E-state index contributed by atoms with van der Waals surface area (Å²) in [6.07, 6.45) is 10.2. The lowest BCUT2D eigenvalue weighted by atomic mass is 9.92. The molecule has 2 aliphatic carbocycles. The van der Waals surface area contributed by atoms with E-state index in [1.165, 1.54) is 24.0 Å². The van der Waals surface area contributed by atoms with Gasteiger partial charge in [-0.1, -0.05) is 18.2 Å². The third-order valence-corrected chi connectivity index (χ3v) is 6.93. The van der Waals surface area contributed by atoms with Gasteiger partial charge in [0.2, 0.25) is 0 Å².